The van der Waals surface area contributed by atoms with Crippen molar-refractivity contribution in [2.45, 2.75) is 19.5 Å². The van der Waals surface area contributed by atoms with Crippen LogP contribution in [0.4, 0.5) is 0 Å². The number of hydrogen-bond donors (Lipinski definition) is 1. The van der Waals surface area contributed by atoms with Gasteiger partial charge < -0.3 is 4.98 Å². The molecule has 0 unspecified atom stereocenters. The fourth-order valence-electron chi connectivity index (χ4n) is 4.26. The van der Waals surface area contributed by atoms with Gasteiger partial charge in [0.25, 0.3) is 0 Å². The van der Waals surface area contributed by atoms with Gasteiger partial charge in [-0.15, -0.1) is 0 Å². The van der Waals surface area contributed by atoms with E-state index in [0.29, 0.717) is 0 Å². The molecule has 132 valence electrons. The third-order valence-electron chi connectivity index (χ3n) is 5.65. The molecule has 0 fully saturated rings. The molecule has 1 aliphatic heterocycles. The van der Waals surface area contributed by atoms with Gasteiger partial charge in [0.2, 0.25) is 0 Å². The van der Waals surface area contributed by atoms with Gasteiger partial charge >= 0.3 is 5.69 Å². The van der Waals surface area contributed by atoms with Gasteiger partial charge in [-0.25, -0.2) is 4.79 Å². The Balaban J connectivity index is 1.39. The van der Waals surface area contributed by atoms with E-state index in [4.69, 9.17) is 0 Å². The Morgan fingerprint density at radius 1 is 1.00 bits per heavy atom. The number of aromatic amines is 1. The Bertz CT molecular complexity index is 1160. The molecule has 0 aliphatic carbocycles. The zero-order valence-corrected chi connectivity index (χ0v) is 14.9. The second-order valence-electron chi connectivity index (χ2n) is 7.14. The molecule has 0 amide bonds. The number of nitrogens with one attached hydrogen (secondary N) is 1. The quantitative estimate of drug-likeness (QED) is 0.620. The fraction of sp³-hybridized carbons (Fsp3) is 0.286. The van der Waals surface area contributed by atoms with Crippen LogP contribution < -0.4 is 5.69 Å². The Morgan fingerprint density at radius 3 is 2.65 bits per heavy atom. The molecule has 5 nitrogen and oxygen atoms in total. The highest BCUT2D eigenvalue weighted by Gasteiger charge is 2.20. The molecule has 0 bridgehead atoms. The summed E-state index contributed by atoms with van der Waals surface area (Å²) in [5.41, 5.74) is 6.08. The SMILES string of the molecule is Cn1c(=O)n(CCN2CCc3c([nH]c4ccccc34)C2)c2ccccc21. The Labute approximate surface area is 151 Å². The highest BCUT2D eigenvalue weighted by atomic mass is 16.1. The summed E-state index contributed by atoms with van der Waals surface area (Å²) in [6.45, 7) is 3.55. The van der Waals surface area contributed by atoms with Crippen molar-refractivity contribution in [3.05, 3.63) is 70.3 Å². The normalized spacial score (nSPS) is 15.0. The molecule has 5 heteroatoms. The number of rotatable bonds is 3. The predicted molar refractivity (Wildman–Crippen MR) is 104 cm³/mol. The van der Waals surface area contributed by atoms with Crippen LogP contribution in [0, 0.1) is 0 Å². The van der Waals surface area contributed by atoms with E-state index in [1.54, 1.807) is 4.57 Å². The second kappa shape index (κ2) is 5.88. The molecule has 0 radical (unpaired) electrons. The summed E-state index contributed by atoms with van der Waals surface area (Å²) in [4.78, 5) is 18.6. The highest BCUT2D eigenvalue weighted by Crippen LogP contribution is 2.27. The zero-order valence-electron chi connectivity index (χ0n) is 14.9. The van der Waals surface area contributed by atoms with E-state index in [-0.39, 0.29) is 5.69 Å². The summed E-state index contributed by atoms with van der Waals surface area (Å²) in [6, 6.07) is 16.5. The molecule has 3 heterocycles. The maximum Gasteiger partial charge on any atom is 0.328 e. The maximum absolute atomic E-state index is 12.6. The van der Waals surface area contributed by atoms with Crippen molar-refractivity contribution in [2.24, 2.45) is 7.05 Å². The lowest BCUT2D eigenvalue weighted by Gasteiger charge is -2.27. The van der Waals surface area contributed by atoms with Crippen LogP contribution in [0.2, 0.25) is 0 Å². The first-order valence-electron chi connectivity index (χ1n) is 9.17. The van der Waals surface area contributed by atoms with Gasteiger partial charge in [-0.05, 0) is 30.2 Å². The van der Waals surface area contributed by atoms with Crippen LogP contribution in [-0.4, -0.2) is 32.1 Å². The van der Waals surface area contributed by atoms with Crippen molar-refractivity contribution < 1.29 is 0 Å². The minimum Gasteiger partial charge on any atom is -0.357 e. The Morgan fingerprint density at radius 2 is 1.77 bits per heavy atom. The summed E-state index contributed by atoms with van der Waals surface area (Å²) < 4.78 is 3.64. The lowest BCUT2D eigenvalue weighted by Crippen LogP contribution is -2.35. The van der Waals surface area contributed by atoms with Crippen LogP contribution in [0.15, 0.2) is 53.3 Å². The van der Waals surface area contributed by atoms with Gasteiger partial charge in [0.15, 0.2) is 0 Å². The molecule has 2 aromatic heterocycles. The standard InChI is InChI=1S/C21H22N4O/c1-23-19-8-4-5-9-20(19)25(21(23)26)13-12-24-11-10-16-15-6-2-3-7-17(15)22-18(16)14-24/h2-9,22H,10-14H2,1H3. The number of benzene rings is 2. The topological polar surface area (TPSA) is 46.0 Å². The van der Waals surface area contributed by atoms with Gasteiger partial charge in [-0.2, -0.15) is 0 Å². The average Bonchev–Trinajstić information content (AvgIpc) is 3.16. The van der Waals surface area contributed by atoms with Crippen LogP contribution in [0.5, 0.6) is 0 Å². The minimum atomic E-state index is 0.0644. The van der Waals surface area contributed by atoms with Gasteiger partial charge in [-0.3, -0.25) is 14.0 Å². The number of para-hydroxylation sites is 3. The monoisotopic (exact) mass is 346 g/mol. The molecule has 0 spiro atoms. The maximum atomic E-state index is 12.6. The highest BCUT2D eigenvalue weighted by molar-refractivity contribution is 5.84. The number of H-pyrrole nitrogens is 1. The average molecular weight is 346 g/mol. The van der Waals surface area contributed by atoms with Crippen molar-refractivity contribution >= 4 is 21.9 Å². The van der Waals surface area contributed by atoms with Crippen LogP contribution in [0.3, 0.4) is 0 Å². The van der Waals surface area contributed by atoms with Crippen molar-refractivity contribution in [3.63, 3.8) is 0 Å². The van der Waals surface area contributed by atoms with Gasteiger partial charge in [0, 0.05) is 49.8 Å². The lowest BCUT2D eigenvalue weighted by molar-refractivity contribution is 0.242. The zero-order chi connectivity index (χ0) is 17.7. The summed E-state index contributed by atoms with van der Waals surface area (Å²) in [7, 11) is 1.85. The molecule has 26 heavy (non-hydrogen) atoms. The van der Waals surface area contributed by atoms with E-state index in [1.807, 2.05) is 35.9 Å². The van der Waals surface area contributed by atoms with E-state index in [0.717, 1.165) is 43.6 Å². The van der Waals surface area contributed by atoms with Gasteiger partial charge in [0.05, 0.1) is 11.0 Å². The molecule has 0 saturated carbocycles. The van der Waals surface area contributed by atoms with Crippen LogP contribution >= 0.6 is 0 Å². The summed E-state index contributed by atoms with van der Waals surface area (Å²) in [5, 5.41) is 1.35. The molecular weight excluding hydrogens is 324 g/mol. The fourth-order valence-corrected chi connectivity index (χ4v) is 4.26. The molecular formula is C21H22N4O. The second-order valence-corrected chi connectivity index (χ2v) is 7.14. The number of nitrogens with zero attached hydrogens (tertiary/aromatic N) is 3. The predicted octanol–water partition coefficient (Wildman–Crippen LogP) is 2.88. The Kier molecular flexibility index (Phi) is 3.50. The summed E-state index contributed by atoms with van der Waals surface area (Å²) >= 11 is 0. The molecule has 5 rings (SSSR count). The largest absolute Gasteiger partial charge is 0.357 e. The summed E-state index contributed by atoms with van der Waals surface area (Å²) in [5.74, 6) is 0. The van der Waals surface area contributed by atoms with E-state index < -0.39 is 0 Å². The lowest BCUT2D eigenvalue weighted by atomic mass is 10.0. The van der Waals surface area contributed by atoms with Gasteiger partial charge in [-0.1, -0.05) is 30.3 Å². The number of aryl methyl sites for hydroxylation is 1. The van der Waals surface area contributed by atoms with Crippen LogP contribution in [0.1, 0.15) is 11.3 Å². The van der Waals surface area contributed by atoms with Crippen LogP contribution in [0.25, 0.3) is 21.9 Å². The molecule has 1 N–H and O–H groups in total. The first-order valence-corrected chi connectivity index (χ1v) is 9.17. The van der Waals surface area contributed by atoms with E-state index in [9.17, 15) is 4.79 Å². The van der Waals surface area contributed by atoms with Crippen molar-refractivity contribution in [3.8, 4) is 0 Å². The molecule has 2 aromatic carbocycles. The van der Waals surface area contributed by atoms with E-state index in [1.165, 1.54) is 22.2 Å². The first-order chi connectivity index (χ1) is 12.7. The third-order valence-corrected chi connectivity index (χ3v) is 5.65. The van der Waals surface area contributed by atoms with E-state index >= 15 is 0 Å². The molecule has 0 atom stereocenters. The number of aromatic nitrogens is 3. The molecule has 0 saturated heterocycles. The van der Waals surface area contributed by atoms with Crippen molar-refractivity contribution in [1.82, 2.24) is 19.0 Å². The smallest absolute Gasteiger partial charge is 0.328 e. The summed E-state index contributed by atoms with van der Waals surface area (Å²) in [6.07, 6.45) is 1.06. The minimum absolute atomic E-state index is 0.0644. The first kappa shape index (κ1) is 15.5. The third kappa shape index (κ3) is 2.31. The van der Waals surface area contributed by atoms with Gasteiger partial charge in [0.1, 0.15) is 0 Å². The van der Waals surface area contributed by atoms with Crippen molar-refractivity contribution in [2.75, 3.05) is 13.1 Å². The number of hydrogen-bond acceptors (Lipinski definition) is 2. The number of fused-ring (bicyclic) bond motifs is 4. The number of imidazole rings is 1. The Hall–Kier alpha value is -2.79. The molecule has 1 aliphatic rings. The van der Waals surface area contributed by atoms with Crippen LogP contribution in [-0.2, 0) is 26.6 Å². The van der Waals surface area contributed by atoms with Crippen molar-refractivity contribution in [1.29, 1.82) is 0 Å². The van der Waals surface area contributed by atoms with E-state index in [2.05, 4.69) is 34.1 Å². The molecule has 4 aromatic rings.